The summed E-state index contributed by atoms with van der Waals surface area (Å²) >= 11 is 0. The fraction of sp³-hybridized carbons (Fsp3) is 1.00. The van der Waals surface area contributed by atoms with Gasteiger partial charge in [-0.05, 0) is 45.1 Å². The monoisotopic (exact) mass is 418 g/mol. The van der Waals surface area contributed by atoms with Crippen LogP contribution in [0.2, 0.25) is 0 Å². The zero-order valence-electron chi connectivity index (χ0n) is 20.6. The third-order valence-electron chi connectivity index (χ3n) is 8.47. The maximum atomic E-state index is 2.91. The van der Waals surface area contributed by atoms with Gasteiger partial charge in [0.1, 0.15) is 0 Å². The van der Waals surface area contributed by atoms with Crippen LogP contribution in [0.25, 0.3) is 0 Å². The summed E-state index contributed by atoms with van der Waals surface area (Å²) in [5.74, 6) is 0. The Labute approximate surface area is 189 Å². The molecule has 3 aliphatic heterocycles. The van der Waals surface area contributed by atoms with Gasteiger partial charge in [0.15, 0.2) is 0 Å². The topological polar surface area (TPSA) is 6.48 Å². The molecule has 0 aromatic rings. The summed E-state index contributed by atoms with van der Waals surface area (Å²) in [4.78, 5) is 5.78. The number of rotatable bonds is 17. The lowest BCUT2D eigenvalue weighted by molar-refractivity contribution is -0.0256. The van der Waals surface area contributed by atoms with Crippen molar-refractivity contribution in [1.82, 2.24) is 9.80 Å². The van der Waals surface area contributed by atoms with Gasteiger partial charge in [-0.2, -0.15) is 0 Å². The molecule has 0 aliphatic carbocycles. The molecule has 3 fully saturated rings. The average molecular weight is 419 g/mol. The minimum absolute atomic E-state index is 0.831. The molecule has 3 heterocycles. The maximum Gasteiger partial charge on any atom is 0.0627 e. The van der Waals surface area contributed by atoms with Gasteiger partial charge < -0.3 is 0 Å². The van der Waals surface area contributed by atoms with Gasteiger partial charge in [-0.25, -0.2) is 0 Å². The molecule has 3 aliphatic rings. The second-order valence-corrected chi connectivity index (χ2v) is 10.9. The second-order valence-electron chi connectivity index (χ2n) is 10.9. The van der Waals surface area contributed by atoms with Gasteiger partial charge in [-0.15, -0.1) is 0 Å². The number of hydrogen-bond donors (Lipinski definition) is 0. The van der Waals surface area contributed by atoms with E-state index in [0.717, 1.165) is 18.2 Å². The first-order valence-corrected chi connectivity index (χ1v) is 14.4. The van der Waals surface area contributed by atoms with E-state index >= 15 is 0 Å². The molecule has 0 spiro atoms. The molecule has 2 nitrogen and oxygen atoms in total. The fourth-order valence-corrected chi connectivity index (χ4v) is 6.72. The first-order valence-electron chi connectivity index (χ1n) is 14.4. The highest BCUT2D eigenvalue weighted by molar-refractivity contribution is 4.97. The molecular formula is C28H54N2. The predicted molar refractivity (Wildman–Crippen MR) is 132 cm³/mol. The highest BCUT2D eigenvalue weighted by Crippen LogP contribution is 2.38. The largest absolute Gasteiger partial charge is 0.285 e. The molecule has 0 unspecified atom stereocenters. The molecule has 30 heavy (non-hydrogen) atoms. The minimum Gasteiger partial charge on any atom is -0.285 e. The van der Waals surface area contributed by atoms with E-state index in [1.54, 1.807) is 0 Å². The van der Waals surface area contributed by atoms with E-state index in [1.807, 2.05) is 0 Å². The highest BCUT2D eigenvalue weighted by Gasteiger charge is 2.44. The number of unbranched alkanes of at least 4 members (excludes halogenated alkanes) is 15. The molecule has 176 valence electrons. The van der Waals surface area contributed by atoms with E-state index < -0.39 is 0 Å². The smallest absolute Gasteiger partial charge is 0.0627 e. The summed E-state index contributed by atoms with van der Waals surface area (Å²) in [6.07, 6.45) is 33.3. The van der Waals surface area contributed by atoms with Gasteiger partial charge in [-0.1, -0.05) is 110 Å². The summed E-state index contributed by atoms with van der Waals surface area (Å²) in [6.45, 7) is 5.08. The van der Waals surface area contributed by atoms with Gasteiger partial charge in [0.2, 0.25) is 0 Å². The van der Waals surface area contributed by atoms with Gasteiger partial charge in [0, 0.05) is 18.6 Å². The zero-order chi connectivity index (χ0) is 20.9. The number of fused-ring (bicyclic) bond motifs is 3. The van der Waals surface area contributed by atoms with Crippen molar-refractivity contribution in [2.45, 2.75) is 166 Å². The fourth-order valence-electron chi connectivity index (χ4n) is 6.72. The van der Waals surface area contributed by atoms with Crippen LogP contribution in [-0.2, 0) is 0 Å². The van der Waals surface area contributed by atoms with Crippen molar-refractivity contribution < 1.29 is 0 Å². The molecule has 3 saturated heterocycles. The van der Waals surface area contributed by atoms with E-state index in [-0.39, 0.29) is 0 Å². The first-order chi connectivity index (χ1) is 14.9. The SMILES string of the molecule is CCCCCCCCCCCCCCCCCC[C@H]1C[C@H]2CCCN2[C@H]2CCCN12. The molecule has 0 bridgehead atoms. The van der Waals surface area contributed by atoms with Gasteiger partial charge >= 0.3 is 0 Å². The third-order valence-corrected chi connectivity index (χ3v) is 8.47. The molecule has 0 saturated carbocycles. The van der Waals surface area contributed by atoms with Crippen LogP contribution in [0.15, 0.2) is 0 Å². The Morgan fingerprint density at radius 3 is 1.67 bits per heavy atom. The zero-order valence-corrected chi connectivity index (χ0v) is 20.6. The van der Waals surface area contributed by atoms with Crippen LogP contribution in [-0.4, -0.2) is 41.1 Å². The van der Waals surface area contributed by atoms with Crippen molar-refractivity contribution in [1.29, 1.82) is 0 Å². The molecule has 0 aromatic heterocycles. The van der Waals surface area contributed by atoms with Crippen molar-refractivity contribution in [3.8, 4) is 0 Å². The molecule has 3 rings (SSSR count). The Kier molecular flexibility index (Phi) is 12.2. The van der Waals surface area contributed by atoms with Crippen LogP contribution in [0.1, 0.15) is 148 Å². The Hall–Kier alpha value is -0.0800. The predicted octanol–water partition coefficient (Wildman–Crippen LogP) is 8.30. The lowest BCUT2D eigenvalue weighted by Gasteiger charge is -2.47. The molecule has 0 aromatic carbocycles. The average Bonchev–Trinajstić information content (AvgIpc) is 3.42. The summed E-state index contributed by atoms with van der Waals surface area (Å²) < 4.78 is 0. The van der Waals surface area contributed by atoms with Crippen LogP contribution in [0, 0.1) is 0 Å². The first kappa shape index (κ1) is 24.6. The number of hydrogen-bond acceptors (Lipinski definition) is 2. The van der Waals surface area contributed by atoms with Gasteiger partial charge in [-0.3, -0.25) is 9.80 Å². The van der Waals surface area contributed by atoms with Gasteiger partial charge in [0.05, 0.1) is 6.17 Å². The maximum absolute atomic E-state index is 2.91. The van der Waals surface area contributed by atoms with E-state index in [2.05, 4.69) is 16.7 Å². The highest BCUT2D eigenvalue weighted by atomic mass is 15.4. The Bertz CT molecular complexity index is 423. The van der Waals surface area contributed by atoms with Crippen molar-refractivity contribution in [3.63, 3.8) is 0 Å². The lowest BCUT2D eigenvalue weighted by Crippen LogP contribution is -2.57. The van der Waals surface area contributed by atoms with E-state index in [1.165, 1.54) is 154 Å². The van der Waals surface area contributed by atoms with Crippen LogP contribution in [0.5, 0.6) is 0 Å². The Morgan fingerprint density at radius 1 is 0.567 bits per heavy atom. The van der Waals surface area contributed by atoms with Crippen LogP contribution < -0.4 is 0 Å². The van der Waals surface area contributed by atoms with Crippen molar-refractivity contribution in [2.75, 3.05) is 13.1 Å². The Morgan fingerprint density at radius 2 is 1.07 bits per heavy atom. The van der Waals surface area contributed by atoms with E-state index in [0.29, 0.717) is 0 Å². The molecule has 0 N–H and O–H groups in total. The lowest BCUT2D eigenvalue weighted by atomic mass is 9.94. The van der Waals surface area contributed by atoms with E-state index in [9.17, 15) is 0 Å². The standard InChI is InChI=1S/C28H54N2/c1-2-3-4-5-6-7-8-9-10-11-12-13-14-15-16-17-20-26-25-27-21-18-23-29(27)28-22-19-24-30(26)28/h26-28H,2-25H2,1H3/t26-,27+,28+/m0/s1. The summed E-state index contributed by atoms with van der Waals surface area (Å²) in [6, 6.07) is 1.86. The molecular weight excluding hydrogens is 364 g/mol. The number of nitrogens with zero attached hydrogens (tertiary/aromatic N) is 2. The summed E-state index contributed by atoms with van der Waals surface area (Å²) in [7, 11) is 0. The second kappa shape index (κ2) is 14.9. The van der Waals surface area contributed by atoms with Gasteiger partial charge in [0.25, 0.3) is 0 Å². The summed E-state index contributed by atoms with van der Waals surface area (Å²) in [5, 5.41) is 0. The quantitative estimate of drug-likeness (QED) is 0.219. The molecule has 0 radical (unpaired) electrons. The third kappa shape index (κ3) is 8.12. The van der Waals surface area contributed by atoms with E-state index in [4.69, 9.17) is 0 Å². The normalized spacial score (nSPS) is 26.9. The Balaban J connectivity index is 1.09. The summed E-state index contributed by atoms with van der Waals surface area (Å²) in [5.41, 5.74) is 0. The van der Waals surface area contributed by atoms with Crippen LogP contribution in [0.4, 0.5) is 0 Å². The van der Waals surface area contributed by atoms with Crippen molar-refractivity contribution in [3.05, 3.63) is 0 Å². The minimum atomic E-state index is 0.831. The molecule has 0 amide bonds. The van der Waals surface area contributed by atoms with Crippen molar-refractivity contribution >= 4 is 0 Å². The molecule has 3 atom stereocenters. The molecule has 2 heteroatoms. The van der Waals surface area contributed by atoms with Crippen LogP contribution >= 0.6 is 0 Å². The van der Waals surface area contributed by atoms with Crippen molar-refractivity contribution in [2.24, 2.45) is 0 Å². The van der Waals surface area contributed by atoms with Crippen LogP contribution in [0.3, 0.4) is 0 Å².